The molecular formula is C20H19ClN4O3. The second-order valence-corrected chi connectivity index (χ2v) is 6.43. The van der Waals surface area contributed by atoms with Crippen LogP contribution in [-0.2, 0) is 6.54 Å². The number of pyridine rings is 1. The zero-order valence-electron chi connectivity index (χ0n) is 15.7. The van der Waals surface area contributed by atoms with Gasteiger partial charge in [-0.15, -0.1) is 0 Å². The van der Waals surface area contributed by atoms with E-state index in [1.165, 1.54) is 18.7 Å². The Hall–Kier alpha value is -3.19. The Kier molecular flexibility index (Phi) is 5.75. The maximum absolute atomic E-state index is 12.9. The Morgan fingerprint density at radius 2 is 2.07 bits per heavy atom. The summed E-state index contributed by atoms with van der Waals surface area (Å²) in [4.78, 5) is 29.5. The first-order chi connectivity index (χ1) is 13.4. The van der Waals surface area contributed by atoms with Gasteiger partial charge in [-0.1, -0.05) is 17.7 Å². The lowest BCUT2D eigenvalue weighted by Crippen LogP contribution is -2.28. The summed E-state index contributed by atoms with van der Waals surface area (Å²) in [6, 6.07) is 10.3. The number of halogens is 1. The topological polar surface area (TPSA) is 86.1 Å². The van der Waals surface area contributed by atoms with Crippen LogP contribution in [-0.4, -0.2) is 27.7 Å². The Bertz CT molecular complexity index is 1100. The van der Waals surface area contributed by atoms with E-state index in [0.717, 1.165) is 0 Å². The van der Waals surface area contributed by atoms with E-state index >= 15 is 0 Å². The number of ether oxygens (including phenoxy) is 1. The predicted molar refractivity (Wildman–Crippen MR) is 109 cm³/mol. The maximum atomic E-state index is 12.9. The average molecular weight is 399 g/mol. The third-order valence-corrected chi connectivity index (χ3v) is 4.35. The highest BCUT2D eigenvalue weighted by Crippen LogP contribution is 2.29. The number of benzene rings is 1. The van der Waals surface area contributed by atoms with E-state index in [-0.39, 0.29) is 17.0 Å². The number of nitrogens with zero attached hydrogens (tertiary/aromatic N) is 3. The fourth-order valence-electron chi connectivity index (χ4n) is 2.82. The minimum Gasteiger partial charge on any atom is -0.481 e. The summed E-state index contributed by atoms with van der Waals surface area (Å²) in [7, 11) is 1.50. The smallest absolute Gasteiger partial charge is 0.291 e. The molecule has 0 aliphatic rings. The molecule has 0 bridgehead atoms. The van der Waals surface area contributed by atoms with Crippen LogP contribution in [0.1, 0.15) is 24.2 Å². The SMILES string of the molecule is CCn1nc(-c2ccnc(OC)c2)c(C(C)=O)c(Nc2cccc(Cl)c2)c1=O. The van der Waals surface area contributed by atoms with Crippen LogP contribution in [0, 0.1) is 0 Å². The number of rotatable bonds is 6. The molecule has 7 nitrogen and oxygen atoms in total. The fraction of sp³-hybridized carbons (Fsp3) is 0.200. The van der Waals surface area contributed by atoms with Crippen LogP contribution in [0.5, 0.6) is 5.88 Å². The minimum atomic E-state index is -0.391. The number of methoxy groups -OCH3 is 1. The van der Waals surface area contributed by atoms with Crippen molar-refractivity contribution in [1.82, 2.24) is 14.8 Å². The van der Waals surface area contributed by atoms with Gasteiger partial charge in [0, 0.05) is 35.1 Å². The maximum Gasteiger partial charge on any atom is 0.291 e. The Morgan fingerprint density at radius 1 is 1.29 bits per heavy atom. The largest absolute Gasteiger partial charge is 0.481 e. The van der Waals surface area contributed by atoms with Crippen molar-refractivity contribution in [1.29, 1.82) is 0 Å². The minimum absolute atomic E-state index is 0.150. The molecule has 0 fully saturated rings. The van der Waals surface area contributed by atoms with Crippen molar-refractivity contribution in [3.8, 4) is 17.1 Å². The summed E-state index contributed by atoms with van der Waals surface area (Å²) in [5.41, 5.74) is 1.55. The van der Waals surface area contributed by atoms with Crippen molar-refractivity contribution in [3.63, 3.8) is 0 Å². The van der Waals surface area contributed by atoms with Crippen LogP contribution < -0.4 is 15.6 Å². The van der Waals surface area contributed by atoms with Crippen LogP contribution in [0.4, 0.5) is 11.4 Å². The van der Waals surface area contributed by atoms with Crippen LogP contribution in [0.25, 0.3) is 11.3 Å². The molecule has 144 valence electrons. The number of aryl methyl sites for hydroxylation is 1. The number of nitrogens with one attached hydrogen (secondary N) is 1. The van der Waals surface area contributed by atoms with Crippen molar-refractivity contribution in [3.05, 3.63) is 63.5 Å². The van der Waals surface area contributed by atoms with E-state index < -0.39 is 5.56 Å². The number of aromatic nitrogens is 3. The van der Waals surface area contributed by atoms with Crippen LogP contribution in [0.15, 0.2) is 47.4 Å². The highest BCUT2D eigenvalue weighted by atomic mass is 35.5. The van der Waals surface area contributed by atoms with E-state index in [4.69, 9.17) is 16.3 Å². The number of carbonyl (C=O) groups is 1. The molecule has 28 heavy (non-hydrogen) atoms. The molecule has 0 spiro atoms. The van der Waals surface area contributed by atoms with Gasteiger partial charge >= 0.3 is 0 Å². The molecule has 0 radical (unpaired) electrons. The normalized spacial score (nSPS) is 10.6. The van der Waals surface area contributed by atoms with E-state index in [9.17, 15) is 9.59 Å². The van der Waals surface area contributed by atoms with Gasteiger partial charge in [0.1, 0.15) is 11.4 Å². The lowest BCUT2D eigenvalue weighted by Gasteiger charge is -2.16. The summed E-state index contributed by atoms with van der Waals surface area (Å²) >= 11 is 6.05. The molecule has 3 aromatic rings. The lowest BCUT2D eigenvalue weighted by molar-refractivity contribution is 0.101. The standard InChI is InChI=1S/C20H19ClN4O3/c1-4-25-20(27)19(23-15-7-5-6-14(21)11-15)17(12(2)26)18(24-25)13-8-9-22-16(10-13)28-3/h5-11,23H,4H2,1-3H3. The van der Waals surface area contributed by atoms with Gasteiger partial charge in [0.15, 0.2) is 5.78 Å². The molecule has 0 aliphatic carbocycles. The third-order valence-electron chi connectivity index (χ3n) is 4.12. The van der Waals surface area contributed by atoms with Crippen molar-refractivity contribution in [2.24, 2.45) is 0 Å². The second-order valence-electron chi connectivity index (χ2n) is 6.00. The first kappa shape index (κ1) is 19.6. The molecule has 1 N–H and O–H groups in total. The van der Waals surface area contributed by atoms with Crippen LogP contribution >= 0.6 is 11.6 Å². The first-order valence-corrected chi connectivity index (χ1v) is 9.01. The lowest BCUT2D eigenvalue weighted by atomic mass is 10.0. The van der Waals surface area contributed by atoms with E-state index in [0.29, 0.717) is 34.4 Å². The fourth-order valence-corrected chi connectivity index (χ4v) is 3.01. The van der Waals surface area contributed by atoms with Gasteiger partial charge in [-0.3, -0.25) is 9.59 Å². The van der Waals surface area contributed by atoms with Crippen molar-refractivity contribution < 1.29 is 9.53 Å². The molecule has 0 unspecified atom stereocenters. The van der Waals surface area contributed by atoms with Gasteiger partial charge in [-0.2, -0.15) is 5.10 Å². The Balaban J connectivity index is 2.28. The van der Waals surface area contributed by atoms with Gasteiger partial charge < -0.3 is 10.1 Å². The molecule has 2 heterocycles. The van der Waals surface area contributed by atoms with Gasteiger partial charge in [0.2, 0.25) is 5.88 Å². The van der Waals surface area contributed by atoms with Gasteiger partial charge in [-0.25, -0.2) is 9.67 Å². The molecule has 1 aromatic carbocycles. The molecule has 2 aromatic heterocycles. The Morgan fingerprint density at radius 3 is 2.71 bits per heavy atom. The van der Waals surface area contributed by atoms with Gasteiger partial charge in [0.05, 0.1) is 12.7 Å². The van der Waals surface area contributed by atoms with E-state index in [1.807, 2.05) is 6.92 Å². The molecule has 3 rings (SSSR count). The molecule has 0 saturated heterocycles. The molecule has 0 atom stereocenters. The number of anilines is 2. The Labute approximate surface area is 166 Å². The van der Waals surface area contributed by atoms with Gasteiger partial charge in [-0.05, 0) is 38.1 Å². The molecule has 0 amide bonds. The monoisotopic (exact) mass is 398 g/mol. The van der Waals surface area contributed by atoms with Crippen molar-refractivity contribution in [2.45, 2.75) is 20.4 Å². The van der Waals surface area contributed by atoms with Gasteiger partial charge in [0.25, 0.3) is 5.56 Å². The summed E-state index contributed by atoms with van der Waals surface area (Å²) in [5, 5.41) is 7.97. The number of hydrogen-bond donors (Lipinski definition) is 1. The van der Waals surface area contributed by atoms with E-state index in [1.54, 1.807) is 42.6 Å². The summed E-state index contributed by atoms with van der Waals surface area (Å²) in [6.07, 6.45) is 1.56. The van der Waals surface area contributed by atoms with Crippen LogP contribution in [0.3, 0.4) is 0 Å². The first-order valence-electron chi connectivity index (χ1n) is 8.63. The van der Waals surface area contributed by atoms with E-state index in [2.05, 4.69) is 15.4 Å². The summed E-state index contributed by atoms with van der Waals surface area (Å²) in [5.74, 6) is 0.0931. The summed E-state index contributed by atoms with van der Waals surface area (Å²) < 4.78 is 6.48. The van der Waals surface area contributed by atoms with Crippen molar-refractivity contribution >= 4 is 28.8 Å². The highest BCUT2D eigenvalue weighted by Gasteiger charge is 2.22. The third kappa shape index (κ3) is 3.89. The number of carbonyl (C=O) groups excluding carboxylic acids is 1. The molecule has 0 saturated carbocycles. The zero-order chi connectivity index (χ0) is 20.3. The number of ketones is 1. The average Bonchev–Trinajstić information content (AvgIpc) is 2.69. The summed E-state index contributed by atoms with van der Waals surface area (Å²) in [6.45, 7) is 3.55. The quantitative estimate of drug-likeness (QED) is 0.633. The number of Topliss-reactive ketones (excluding diaryl/α,β-unsaturated/α-hetero) is 1. The number of hydrogen-bond acceptors (Lipinski definition) is 6. The van der Waals surface area contributed by atoms with Crippen molar-refractivity contribution in [2.75, 3.05) is 12.4 Å². The zero-order valence-corrected chi connectivity index (χ0v) is 16.4. The molecular weight excluding hydrogens is 380 g/mol. The van der Waals surface area contributed by atoms with Crippen LogP contribution in [0.2, 0.25) is 5.02 Å². The molecule has 0 aliphatic heterocycles. The highest BCUT2D eigenvalue weighted by molar-refractivity contribution is 6.30. The molecule has 8 heteroatoms. The predicted octanol–water partition coefficient (Wildman–Crippen LogP) is 3.93. The second kappa shape index (κ2) is 8.22.